The molecule has 39 nitrogen and oxygen atoms in total. The Hall–Kier alpha value is -8.50. The molecule has 7 N–H and O–H groups in total. The van der Waals surface area contributed by atoms with E-state index in [0.717, 1.165) is 0 Å². The Bertz CT molecular complexity index is 2610. The zero-order valence-corrected chi connectivity index (χ0v) is 68.3. The molecule has 3 atom stereocenters. The number of carbonyl (C=O) groups is 14. The van der Waals surface area contributed by atoms with Gasteiger partial charge in [-0.25, -0.2) is 33.6 Å². The molecule has 0 aromatic heterocycles. The first kappa shape index (κ1) is 102. The fourth-order valence-electron chi connectivity index (χ4n) is 8.33. The lowest BCUT2D eigenvalue weighted by atomic mass is 9.92. The highest BCUT2D eigenvalue weighted by atomic mass is 16.6. The van der Waals surface area contributed by atoms with E-state index in [4.69, 9.17) is 80.5 Å². The highest BCUT2D eigenvalue weighted by Gasteiger charge is 2.37. The van der Waals surface area contributed by atoms with Crippen molar-refractivity contribution >= 4 is 83.9 Å². The van der Waals surface area contributed by atoms with Crippen LogP contribution in [0.25, 0.3) is 0 Å². The van der Waals surface area contributed by atoms with Gasteiger partial charge in [0.2, 0.25) is 17.7 Å². The third kappa shape index (κ3) is 60.9. The van der Waals surface area contributed by atoms with Crippen molar-refractivity contribution in [1.29, 1.82) is 0 Å². The lowest BCUT2D eigenvalue weighted by Gasteiger charge is -2.32. The number of hydrogen-bond donors (Lipinski definition) is 7. The Morgan fingerprint density at radius 3 is 0.748 bits per heavy atom. The normalized spacial score (nSPS) is 13.1. The summed E-state index contributed by atoms with van der Waals surface area (Å²) in [7, 11) is 1.23. The minimum Gasteiger partial charge on any atom is -0.469 e. The maximum atomic E-state index is 13.1. The molecule has 0 radical (unpaired) electrons. The van der Waals surface area contributed by atoms with Gasteiger partial charge in [-0.15, -0.1) is 0 Å². The van der Waals surface area contributed by atoms with Gasteiger partial charge in [0.05, 0.1) is 131 Å². The van der Waals surface area contributed by atoms with Crippen LogP contribution in [-0.2, 0) is 133 Å². The Morgan fingerprint density at radius 1 is 0.261 bits per heavy atom. The van der Waals surface area contributed by atoms with Crippen molar-refractivity contribution in [2.75, 3.05) is 152 Å². The standard InChI is InChI=1S/C72H125N7O32/c1-66(2,3)106-56(84)42-49(59(87)109-69(10,11)12)77-52(80)20-28-95-32-24-73-62(90)102-39-36-99-45-72(48-105-65(93)76-27-35-98-31-23-55(83)94-19,46-100-37-40-103-63(91)74-25-33-96-29-21-53(81)78-50(60(88)110-70(13,14)15)43-57(85)107-67(4,5)6)47-101-38-41-104-64(92)75-26-34-97-30-22-54(82)79-51(61(89)111-71(16,17)18)44-58(86)108-68(7,8)9/h49-51H,20-48H2,1-19H3,(H,73,90)(H,74,91)(H,75,92)(H,76,93)(H,77,80)(H,78,81)(H,79,82). The monoisotopic (exact) mass is 1600 g/mol. The van der Waals surface area contributed by atoms with E-state index in [-0.39, 0.29) is 164 Å². The van der Waals surface area contributed by atoms with Gasteiger partial charge in [-0.3, -0.25) is 33.6 Å². The fraction of sp³-hybridized carbons (Fsp3) is 0.806. The van der Waals surface area contributed by atoms with E-state index in [0.29, 0.717) is 0 Å². The van der Waals surface area contributed by atoms with Crippen LogP contribution in [0.5, 0.6) is 0 Å². The van der Waals surface area contributed by atoms with Gasteiger partial charge >= 0.3 is 66.2 Å². The highest BCUT2D eigenvalue weighted by Crippen LogP contribution is 2.22. The predicted octanol–water partition coefficient (Wildman–Crippen LogP) is 3.40. The van der Waals surface area contributed by atoms with Crippen molar-refractivity contribution in [3.8, 4) is 0 Å². The van der Waals surface area contributed by atoms with Crippen LogP contribution in [0.4, 0.5) is 19.2 Å². The first-order chi connectivity index (χ1) is 51.5. The van der Waals surface area contributed by atoms with E-state index >= 15 is 0 Å². The molecule has 0 saturated heterocycles. The molecule has 0 fully saturated rings. The van der Waals surface area contributed by atoms with Crippen LogP contribution < -0.4 is 37.2 Å². The van der Waals surface area contributed by atoms with Crippen molar-refractivity contribution in [3.63, 3.8) is 0 Å². The topological polar surface area (TPSA) is 489 Å². The summed E-state index contributed by atoms with van der Waals surface area (Å²) >= 11 is 0. The Balaban J connectivity index is 6.05. The molecule has 0 aromatic rings. The molecule has 0 bridgehead atoms. The number of carbonyl (C=O) groups excluding carboxylic acids is 14. The smallest absolute Gasteiger partial charge is 0.407 e. The van der Waals surface area contributed by atoms with Crippen molar-refractivity contribution in [2.45, 2.75) is 221 Å². The van der Waals surface area contributed by atoms with Gasteiger partial charge in [-0.05, 0) is 125 Å². The van der Waals surface area contributed by atoms with Crippen LogP contribution in [0, 0.1) is 5.41 Å². The van der Waals surface area contributed by atoms with Gasteiger partial charge in [-0.2, -0.15) is 0 Å². The number of hydrogen-bond acceptors (Lipinski definition) is 32. The number of nitrogens with one attached hydrogen (secondary N) is 7. The SMILES string of the molecule is COC(=O)CCOCCNC(=O)OCC(COCCOC(=O)NCCOCCC(=O)NC(CC(=O)OC(C)(C)C)C(=O)OC(C)(C)C)(COCCOC(=O)NCCOCCC(=O)NC(CC(=O)OC(C)(C)C)C(=O)OC(C)(C)C)COCCOC(=O)NCCOCCC(=O)NC(CC(=O)OC(C)(C)C)C(=O)OC(C)(C)C. The molecule has 39 heteroatoms. The van der Waals surface area contributed by atoms with Crippen LogP contribution >= 0.6 is 0 Å². The highest BCUT2D eigenvalue weighted by molar-refractivity contribution is 5.90. The number of methoxy groups -OCH3 is 1. The predicted molar refractivity (Wildman–Crippen MR) is 391 cm³/mol. The first-order valence-corrected chi connectivity index (χ1v) is 36.4. The van der Waals surface area contributed by atoms with Crippen LogP contribution in [0.15, 0.2) is 0 Å². The van der Waals surface area contributed by atoms with Crippen molar-refractivity contribution in [2.24, 2.45) is 5.41 Å². The quantitative estimate of drug-likeness (QED) is 0.0261. The van der Waals surface area contributed by atoms with Gasteiger partial charge < -0.3 is 122 Å². The summed E-state index contributed by atoms with van der Waals surface area (Å²) in [5.41, 5.74) is -6.68. The van der Waals surface area contributed by atoms with E-state index < -0.39 is 167 Å². The second-order valence-electron chi connectivity index (χ2n) is 30.7. The lowest BCUT2D eigenvalue weighted by molar-refractivity contribution is -0.165. The average Bonchev–Trinajstić information content (AvgIpc) is 0.872. The largest absolute Gasteiger partial charge is 0.469 e. The number of ether oxygens (including phenoxy) is 18. The molecule has 0 aliphatic carbocycles. The van der Waals surface area contributed by atoms with Crippen molar-refractivity contribution in [3.05, 3.63) is 0 Å². The number of amides is 7. The molecular weight excluding hydrogens is 1470 g/mol. The summed E-state index contributed by atoms with van der Waals surface area (Å²) in [4.78, 5) is 177. The maximum absolute atomic E-state index is 13.1. The molecule has 0 aliphatic rings. The van der Waals surface area contributed by atoms with Crippen molar-refractivity contribution < 1.29 is 152 Å². The lowest BCUT2D eigenvalue weighted by Crippen LogP contribution is -2.46. The van der Waals surface area contributed by atoms with Crippen LogP contribution in [0.1, 0.15) is 170 Å². The van der Waals surface area contributed by atoms with Crippen molar-refractivity contribution in [1.82, 2.24) is 37.2 Å². The first-order valence-electron chi connectivity index (χ1n) is 36.4. The average molecular weight is 1600 g/mol. The van der Waals surface area contributed by atoms with E-state index in [1.165, 1.54) is 7.11 Å². The maximum Gasteiger partial charge on any atom is 0.407 e. The van der Waals surface area contributed by atoms with Crippen LogP contribution in [0.2, 0.25) is 0 Å². The Labute approximate surface area is 650 Å². The minimum atomic E-state index is -1.41. The van der Waals surface area contributed by atoms with Gasteiger partial charge in [0.25, 0.3) is 0 Å². The summed E-state index contributed by atoms with van der Waals surface area (Å²) in [6.45, 7) is 25.6. The third-order valence-electron chi connectivity index (χ3n) is 12.7. The van der Waals surface area contributed by atoms with Gasteiger partial charge in [0.15, 0.2) is 0 Å². The summed E-state index contributed by atoms with van der Waals surface area (Å²) in [6, 6.07) is -4.00. The Morgan fingerprint density at radius 2 is 0.505 bits per heavy atom. The summed E-state index contributed by atoms with van der Waals surface area (Å²) in [5, 5.41) is 17.4. The second kappa shape index (κ2) is 53.4. The molecule has 0 spiro atoms. The molecule has 0 aliphatic heterocycles. The third-order valence-corrected chi connectivity index (χ3v) is 12.7. The fourth-order valence-corrected chi connectivity index (χ4v) is 8.33. The Kier molecular flexibility index (Phi) is 49.4. The zero-order chi connectivity index (χ0) is 84.5. The second-order valence-corrected chi connectivity index (χ2v) is 30.7. The molecule has 0 aromatic carbocycles. The van der Waals surface area contributed by atoms with Crippen LogP contribution in [-0.4, -0.2) is 288 Å². The van der Waals surface area contributed by atoms with Crippen LogP contribution in [0.3, 0.4) is 0 Å². The number of esters is 7. The van der Waals surface area contributed by atoms with E-state index in [9.17, 15) is 67.1 Å². The molecule has 0 saturated carbocycles. The molecular formula is C72H125N7O32. The summed E-state index contributed by atoms with van der Waals surface area (Å²) in [6.07, 6.45) is -5.68. The minimum absolute atomic E-state index is 0.0111. The molecule has 640 valence electrons. The molecule has 0 heterocycles. The van der Waals surface area contributed by atoms with Gasteiger partial charge in [-0.1, -0.05) is 0 Å². The van der Waals surface area contributed by atoms with Gasteiger partial charge in [0, 0.05) is 45.4 Å². The molecule has 7 amide bonds. The number of alkyl carbamates (subject to hydrolysis) is 4. The van der Waals surface area contributed by atoms with E-state index in [1.807, 2.05) is 0 Å². The molecule has 0 rings (SSSR count). The summed E-state index contributed by atoms with van der Waals surface area (Å²) < 4.78 is 97.8. The number of rotatable bonds is 53. The molecule has 111 heavy (non-hydrogen) atoms. The van der Waals surface area contributed by atoms with Gasteiger partial charge in [0.1, 0.15) is 78.2 Å². The summed E-state index contributed by atoms with van der Waals surface area (Å²) in [5.74, 6) is -7.05. The molecule has 3 unspecified atom stereocenters. The zero-order valence-electron chi connectivity index (χ0n) is 68.3. The van der Waals surface area contributed by atoms with E-state index in [2.05, 4.69) is 42.0 Å². The van der Waals surface area contributed by atoms with E-state index in [1.54, 1.807) is 125 Å².